The first-order valence-corrected chi connectivity index (χ1v) is 13.9. The van der Waals surface area contributed by atoms with E-state index in [2.05, 4.69) is 44.0 Å². The van der Waals surface area contributed by atoms with E-state index in [-0.39, 0.29) is 17.9 Å². The van der Waals surface area contributed by atoms with Crippen LogP contribution in [0.1, 0.15) is 64.7 Å². The number of halogens is 1. The average Bonchev–Trinajstić information content (AvgIpc) is 3.06. The highest BCUT2D eigenvalue weighted by Gasteiger charge is 2.45. The number of aliphatic hydroxyl groups excluding tert-OH is 1. The number of carbonyl (C=O) groups is 2. The van der Waals surface area contributed by atoms with E-state index in [1.807, 2.05) is 4.90 Å². The molecule has 2 amide bonds. The molecule has 0 aromatic carbocycles. The fourth-order valence-corrected chi connectivity index (χ4v) is 6.24. The van der Waals surface area contributed by atoms with Gasteiger partial charge in [0.15, 0.2) is 0 Å². The van der Waals surface area contributed by atoms with Gasteiger partial charge in [-0.3, -0.25) is 24.7 Å². The summed E-state index contributed by atoms with van der Waals surface area (Å²) >= 11 is 3.50. The lowest BCUT2D eigenvalue weighted by atomic mass is 9.93. The first kappa shape index (κ1) is 24.9. The fourth-order valence-electron chi connectivity index (χ4n) is 5.85. The number of hydrogen-bond acceptors (Lipinski definition) is 6. The number of piperazine rings is 1. The van der Waals surface area contributed by atoms with Crippen LogP contribution in [0.15, 0.2) is 22.9 Å². The number of hydrogen-bond donors (Lipinski definition) is 2. The van der Waals surface area contributed by atoms with Crippen molar-refractivity contribution in [1.29, 1.82) is 0 Å². The number of allylic oxidation sites excluding steroid dienone is 1. The molecule has 0 spiro atoms. The summed E-state index contributed by atoms with van der Waals surface area (Å²) in [7, 11) is 0. The topological polar surface area (TPSA) is 76.1 Å². The molecule has 2 saturated heterocycles. The number of alkyl halides is 1. The molecule has 3 unspecified atom stereocenters. The Kier molecular flexibility index (Phi) is 8.65. The van der Waals surface area contributed by atoms with Gasteiger partial charge in [-0.25, -0.2) is 0 Å². The Morgan fingerprint density at radius 2 is 1.76 bits per heavy atom. The molecule has 4 rings (SSSR count). The van der Waals surface area contributed by atoms with E-state index in [9.17, 15) is 14.7 Å². The third-order valence-corrected chi connectivity index (χ3v) is 8.35. The Hall–Kier alpha value is -1.22. The Morgan fingerprint density at radius 3 is 2.48 bits per heavy atom. The molecule has 3 heterocycles. The number of nitrogens with one attached hydrogen (secondary N) is 1. The fraction of sp³-hybridized carbons (Fsp3) is 0.760. The Morgan fingerprint density at radius 1 is 1.03 bits per heavy atom. The first-order valence-electron chi connectivity index (χ1n) is 12.8. The summed E-state index contributed by atoms with van der Waals surface area (Å²) in [5, 5.41) is 14.6. The molecule has 184 valence electrons. The van der Waals surface area contributed by atoms with Gasteiger partial charge in [0, 0.05) is 49.7 Å². The SMILES string of the molecule is CC1C2=C(CCC(N3CCN(CCCCCCCBr)CC3)=C2)C(O)N1C1CCC(=O)NC1=O. The molecule has 3 atom stereocenters. The van der Waals surface area contributed by atoms with Crippen LogP contribution in [-0.2, 0) is 9.59 Å². The monoisotopic (exact) mass is 522 g/mol. The van der Waals surface area contributed by atoms with E-state index < -0.39 is 12.3 Å². The second kappa shape index (κ2) is 11.5. The molecular formula is C25H39BrN4O3. The van der Waals surface area contributed by atoms with Crippen LogP contribution >= 0.6 is 15.9 Å². The summed E-state index contributed by atoms with van der Waals surface area (Å²) in [5.41, 5.74) is 3.58. The number of rotatable bonds is 9. The van der Waals surface area contributed by atoms with Gasteiger partial charge in [0.1, 0.15) is 6.23 Å². The summed E-state index contributed by atoms with van der Waals surface area (Å²) < 4.78 is 0. The van der Waals surface area contributed by atoms with Gasteiger partial charge in [-0.15, -0.1) is 0 Å². The Balaban J connectivity index is 1.30. The molecule has 0 aromatic rings. The molecular weight excluding hydrogens is 484 g/mol. The van der Waals surface area contributed by atoms with Gasteiger partial charge in [-0.1, -0.05) is 35.2 Å². The van der Waals surface area contributed by atoms with Crippen LogP contribution in [-0.4, -0.2) is 88.0 Å². The molecule has 8 heteroatoms. The first-order chi connectivity index (χ1) is 16.0. The van der Waals surface area contributed by atoms with Crippen molar-refractivity contribution in [3.05, 3.63) is 22.9 Å². The molecule has 2 fully saturated rings. The molecule has 1 aliphatic carbocycles. The zero-order valence-electron chi connectivity index (χ0n) is 19.9. The normalized spacial score (nSPS) is 29.4. The van der Waals surface area contributed by atoms with Gasteiger partial charge < -0.3 is 10.0 Å². The van der Waals surface area contributed by atoms with Gasteiger partial charge in [0.2, 0.25) is 11.8 Å². The standard InChI is InChI=1S/C25H39BrN4O3/c1-18-21-17-19(29-15-13-28(14-16-29)12-6-4-2-3-5-11-26)7-8-20(21)25(33)30(18)22-9-10-23(31)27-24(22)32/h17-18,22,25,33H,2-16H2,1H3,(H,27,31,32). The van der Waals surface area contributed by atoms with E-state index in [4.69, 9.17) is 0 Å². The van der Waals surface area contributed by atoms with Crippen LogP contribution in [0.5, 0.6) is 0 Å². The van der Waals surface area contributed by atoms with Crippen LogP contribution < -0.4 is 5.32 Å². The zero-order valence-corrected chi connectivity index (χ0v) is 21.5. The molecule has 0 aromatic heterocycles. The highest BCUT2D eigenvalue weighted by atomic mass is 79.9. The summed E-state index contributed by atoms with van der Waals surface area (Å²) in [4.78, 5) is 31.0. The second-order valence-electron chi connectivity index (χ2n) is 9.87. The molecule has 4 aliphatic rings. The minimum Gasteiger partial charge on any atom is -0.374 e. The summed E-state index contributed by atoms with van der Waals surface area (Å²) in [5.74, 6) is -0.494. The van der Waals surface area contributed by atoms with Gasteiger partial charge in [0.05, 0.1) is 6.04 Å². The van der Waals surface area contributed by atoms with Crippen molar-refractivity contribution in [2.75, 3.05) is 38.1 Å². The molecule has 0 bridgehead atoms. The maximum atomic E-state index is 12.4. The van der Waals surface area contributed by atoms with Crippen molar-refractivity contribution >= 4 is 27.7 Å². The minimum atomic E-state index is -0.733. The predicted octanol–water partition coefficient (Wildman–Crippen LogP) is 2.75. The molecule has 0 radical (unpaired) electrons. The predicted molar refractivity (Wildman–Crippen MR) is 133 cm³/mol. The lowest BCUT2D eigenvalue weighted by molar-refractivity contribution is -0.141. The Bertz CT molecular complexity index is 791. The van der Waals surface area contributed by atoms with Crippen molar-refractivity contribution in [1.82, 2.24) is 20.0 Å². The van der Waals surface area contributed by atoms with Gasteiger partial charge in [-0.2, -0.15) is 0 Å². The van der Waals surface area contributed by atoms with Gasteiger partial charge >= 0.3 is 0 Å². The third kappa shape index (κ3) is 5.72. The van der Waals surface area contributed by atoms with Crippen molar-refractivity contribution in [2.24, 2.45) is 0 Å². The second-order valence-corrected chi connectivity index (χ2v) is 10.7. The molecule has 3 aliphatic heterocycles. The van der Waals surface area contributed by atoms with Crippen LogP contribution in [0.2, 0.25) is 0 Å². The van der Waals surface area contributed by atoms with Crippen molar-refractivity contribution < 1.29 is 14.7 Å². The molecule has 33 heavy (non-hydrogen) atoms. The number of aliphatic hydroxyl groups is 1. The van der Waals surface area contributed by atoms with Gasteiger partial charge in [-0.05, 0) is 62.8 Å². The number of imide groups is 1. The van der Waals surface area contributed by atoms with Crippen molar-refractivity contribution in [3.63, 3.8) is 0 Å². The van der Waals surface area contributed by atoms with Crippen molar-refractivity contribution in [2.45, 2.75) is 83.0 Å². The molecule has 0 saturated carbocycles. The average molecular weight is 524 g/mol. The third-order valence-electron chi connectivity index (χ3n) is 7.79. The van der Waals surface area contributed by atoms with Crippen LogP contribution in [0.4, 0.5) is 0 Å². The minimum absolute atomic E-state index is 0.0277. The van der Waals surface area contributed by atoms with E-state index in [1.165, 1.54) is 49.9 Å². The lowest BCUT2D eigenvalue weighted by Crippen LogP contribution is -2.56. The van der Waals surface area contributed by atoms with E-state index >= 15 is 0 Å². The number of piperidine rings is 1. The van der Waals surface area contributed by atoms with Gasteiger partial charge in [0.25, 0.3) is 0 Å². The van der Waals surface area contributed by atoms with E-state index in [0.29, 0.717) is 12.8 Å². The summed E-state index contributed by atoms with van der Waals surface area (Å²) in [6, 6.07) is -0.474. The van der Waals surface area contributed by atoms with Crippen LogP contribution in [0.25, 0.3) is 0 Å². The Labute approximate surface area is 206 Å². The van der Waals surface area contributed by atoms with Crippen LogP contribution in [0.3, 0.4) is 0 Å². The quantitative estimate of drug-likeness (QED) is 0.275. The maximum absolute atomic E-state index is 12.4. The molecule has 7 nitrogen and oxygen atoms in total. The van der Waals surface area contributed by atoms with Crippen molar-refractivity contribution in [3.8, 4) is 0 Å². The van der Waals surface area contributed by atoms with E-state index in [0.717, 1.165) is 49.9 Å². The number of amides is 2. The molecule has 2 N–H and O–H groups in total. The highest BCUT2D eigenvalue weighted by Crippen LogP contribution is 2.40. The summed E-state index contributed by atoms with van der Waals surface area (Å²) in [6.07, 6.45) is 10.7. The summed E-state index contributed by atoms with van der Waals surface area (Å²) in [6.45, 7) is 7.64. The number of unbranched alkanes of at least 4 members (excludes halogenated alkanes) is 4. The largest absolute Gasteiger partial charge is 0.374 e. The van der Waals surface area contributed by atoms with Crippen LogP contribution in [0, 0.1) is 0 Å². The highest BCUT2D eigenvalue weighted by molar-refractivity contribution is 9.09. The zero-order chi connectivity index (χ0) is 23.4. The van der Waals surface area contributed by atoms with E-state index in [1.54, 1.807) is 0 Å². The lowest BCUT2D eigenvalue weighted by Gasteiger charge is -2.38. The smallest absolute Gasteiger partial charge is 0.244 e. The number of nitrogens with zero attached hydrogens (tertiary/aromatic N) is 3. The number of carbonyl (C=O) groups excluding carboxylic acids is 2. The maximum Gasteiger partial charge on any atom is 0.244 e.